The molecule has 0 aliphatic carbocycles. The summed E-state index contributed by atoms with van der Waals surface area (Å²) in [5.41, 5.74) is -0.528. The number of alkyl halides is 3. The quantitative estimate of drug-likeness (QED) is 0.382. The van der Waals surface area contributed by atoms with Gasteiger partial charge in [0.1, 0.15) is 6.54 Å². The topological polar surface area (TPSA) is 66.5 Å². The first-order valence-electron chi connectivity index (χ1n) is 11.0. The van der Waals surface area contributed by atoms with Crippen LogP contribution < -0.4 is 9.62 Å². The molecule has 0 fully saturated rings. The Morgan fingerprint density at radius 1 is 0.972 bits per heavy atom. The third-order valence-corrected chi connectivity index (χ3v) is 7.52. The number of aryl methyl sites for hydroxylation is 1. The van der Waals surface area contributed by atoms with Crippen molar-refractivity contribution in [2.75, 3.05) is 10.8 Å². The van der Waals surface area contributed by atoms with Gasteiger partial charge in [0.05, 0.1) is 21.2 Å². The highest BCUT2D eigenvalue weighted by Gasteiger charge is 2.36. The summed E-state index contributed by atoms with van der Waals surface area (Å²) in [6.45, 7) is 4.60. The Bertz CT molecular complexity index is 1330. The molecule has 0 bridgehead atoms. The number of rotatable bonds is 8. The fraction of sp³-hybridized carbons (Fsp3) is 0.269. The van der Waals surface area contributed by atoms with Crippen LogP contribution in [0.3, 0.4) is 0 Å². The molecule has 3 aromatic carbocycles. The van der Waals surface area contributed by atoms with Crippen LogP contribution in [0.5, 0.6) is 0 Å². The van der Waals surface area contributed by atoms with Crippen LogP contribution >= 0.6 is 11.6 Å². The molecule has 0 saturated heterocycles. The lowest BCUT2D eigenvalue weighted by molar-refractivity contribution is -0.137. The molecular weight excluding hydrogens is 513 g/mol. The Hall–Kier alpha value is -3.04. The summed E-state index contributed by atoms with van der Waals surface area (Å²) in [5, 5.41) is 2.22. The lowest BCUT2D eigenvalue weighted by Crippen LogP contribution is -2.50. The Morgan fingerprint density at radius 2 is 1.58 bits per heavy atom. The van der Waals surface area contributed by atoms with E-state index in [0.29, 0.717) is 16.8 Å². The number of hydrogen-bond acceptors (Lipinski definition) is 3. The van der Waals surface area contributed by atoms with Crippen LogP contribution in [0, 0.1) is 6.92 Å². The van der Waals surface area contributed by atoms with Gasteiger partial charge < -0.3 is 5.32 Å². The molecule has 3 aromatic rings. The van der Waals surface area contributed by atoms with Crippen molar-refractivity contribution in [2.24, 2.45) is 0 Å². The maximum atomic E-state index is 13.5. The predicted molar refractivity (Wildman–Crippen MR) is 135 cm³/mol. The average Bonchev–Trinajstić information content (AvgIpc) is 2.77. The molecule has 0 radical (unpaired) electrons. The molecule has 0 atom stereocenters. The van der Waals surface area contributed by atoms with Gasteiger partial charge in [-0.15, -0.1) is 0 Å². The summed E-state index contributed by atoms with van der Waals surface area (Å²) >= 11 is 5.74. The van der Waals surface area contributed by atoms with Crippen LogP contribution in [0.2, 0.25) is 5.02 Å². The third-order valence-electron chi connectivity index (χ3n) is 5.41. The van der Waals surface area contributed by atoms with Crippen LogP contribution in [-0.2, 0) is 27.4 Å². The van der Waals surface area contributed by atoms with Gasteiger partial charge in [-0.3, -0.25) is 9.10 Å². The van der Waals surface area contributed by atoms with Crippen LogP contribution in [0.25, 0.3) is 0 Å². The molecule has 36 heavy (non-hydrogen) atoms. The van der Waals surface area contributed by atoms with E-state index in [-0.39, 0.29) is 10.6 Å². The van der Waals surface area contributed by atoms with Crippen molar-refractivity contribution in [1.29, 1.82) is 0 Å². The van der Waals surface area contributed by atoms with Gasteiger partial charge in [-0.25, -0.2) is 8.42 Å². The van der Waals surface area contributed by atoms with E-state index in [1.54, 1.807) is 32.9 Å². The molecule has 3 rings (SSSR count). The molecule has 1 N–H and O–H groups in total. The van der Waals surface area contributed by atoms with Gasteiger partial charge in [-0.1, -0.05) is 59.6 Å². The maximum Gasteiger partial charge on any atom is 0.417 e. The highest BCUT2D eigenvalue weighted by atomic mass is 35.5. The maximum absolute atomic E-state index is 13.5. The normalized spacial score (nSPS) is 12.3. The Kier molecular flexibility index (Phi) is 8.05. The number of sulfonamides is 1. The van der Waals surface area contributed by atoms with Gasteiger partial charge in [0.25, 0.3) is 10.0 Å². The second kappa shape index (κ2) is 10.5. The molecule has 0 saturated carbocycles. The minimum atomic E-state index is -4.81. The molecule has 0 spiro atoms. The van der Waals surface area contributed by atoms with E-state index in [0.717, 1.165) is 23.3 Å². The number of anilines is 1. The van der Waals surface area contributed by atoms with Crippen molar-refractivity contribution >= 4 is 33.2 Å². The summed E-state index contributed by atoms with van der Waals surface area (Å²) in [6, 6.07) is 18.0. The molecule has 0 aliphatic heterocycles. The minimum Gasteiger partial charge on any atom is -0.349 e. The van der Waals surface area contributed by atoms with Crippen molar-refractivity contribution in [3.8, 4) is 0 Å². The van der Waals surface area contributed by atoms with E-state index >= 15 is 0 Å². The highest BCUT2D eigenvalue weighted by molar-refractivity contribution is 7.92. The molecule has 0 aliphatic rings. The molecule has 0 unspecified atom stereocenters. The number of carbonyl (C=O) groups is 1. The van der Waals surface area contributed by atoms with Crippen molar-refractivity contribution in [3.63, 3.8) is 0 Å². The number of amides is 1. The van der Waals surface area contributed by atoms with Crippen LogP contribution in [0.4, 0.5) is 18.9 Å². The van der Waals surface area contributed by atoms with E-state index in [4.69, 9.17) is 11.6 Å². The highest BCUT2D eigenvalue weighted by Crippen LogP contribution is 2.38. The number of carbonyl (C=O) groups excluding carboxylic acids is 1. The number of nitrogens with one attached hydrogen (secondary N) is 1. The minimum absolute atomic E-state index is 0.159. The standard InChI is InChI=1S/C26H26ClF3N2O3S/c1-18-9-12-21(13-10-18)36(34,35)32(20-11-14-23(27)22(15-20)26(28,29)30)17-24(33)31-25(2,3)16-19-7-5-4-6-8-19/h4-15H,16-17H2,1-3H3,(H,31,33). The Morgan fingerprint density at radius 3 is 2.17 bits per heavy atom. The SMILES string of the molecule is Cc1ccc(S(=O)(=O)N(CC(=O)NC(C)(C)Cc2ccccc2)c2ccc(Cl)c(C(F)(F)F)c2)cc1. The Balaban J connectivity index is 1.98. The van der Waals surface area contributed by atoms with Crippen LogP contribution in [-0.4, -0.2) is 26.4 Å². The number of hydrogen-bond donors (Lipinski definition) is 1. The summed E-state index contributed by atoms with van der Waals surface area (Å²) in [4.78, 5) is 12.9. The van der Waals surface area contributed by atoms with Gasteiger partial charge in [-0.05, 0) is 63.1 Å². The zero-order valence-electron chi connectivity index (χ0n) is 19.9. The first-order chi connectivity index (χ1) is 16.7. The van der Waals surface area contributed by atoms with Gasteiger partial charge in [0.15, 0.2) is 0 Å². The summed E-state index contributed by atoms with van der Waals surface area (Å²) in [6.07, 6.45) is -4.35. The second-order valence-electron chi connectivity index (χ2n) is 9.08. The van der Waals surface area contributed by atoms with E-state index in [1.165, 1.54) is 12.1 Å². The van der Waals surface area contributed by atoms with Crippen molar-refractivity contribution in [3.05, 3.63) is 94.5 Å². The molecule has 0 aromatic heterocycles. The fourth-order valence-electron chi connectivity index (χ4n) is 3.74. The Labute approximate surface area is 213 Å². The van der Waals surface area contributed by atoms with Gasteiger partial charge >= 0.3 is 6.18 Å². The smallest absolute Gasteiger partial charge is 0.349 e. The summed E-state index contributed by atoms with van der Waals surface area (Å²) < 4.78 is 68.2. The molecule has 1 amide bonds. The van der Waals surface area contributed by atoms with E-state index < -0.39 is 44.8 Å². The van der Waals surface area contributed by atoms with E-state index in [9.17, 15) is 26.4 Å². The summed E-state index contributed by atoms with van der Waals surface area (Å²) in [5.74, 6) is -0.671. The number of halogens is 4. The van der Waals surface area contributed by atoms with Gasteiger partial charge in [0, 0.05) is 5.54 Å². The van der Waals surface area contributed by atoms with Crippen molar-refractivity contribution in [1.82, 2.24) is 5.32 Å². The fourth-order valence-corrected chi connectivity index (χ4v) is 5.37. The van der Waals surface area contributed by atoms with Crippen LogP contribution in [0.15, 0.2) is 77.7 Å². The largest absolute Gasteiger partial charge is 0.417 e. The first-order valence-corrected chi connectivity index (χ1v) is 12.8. The summed E-state index contributed by atoms with van der Waals surface area (Å²) in [7, 11) is -4.39. The first kappa shape index (κ1) is 27.5. The second-order valence-corrected chi connectivity index (χ2v) is 11.4. The molecule has 192 valence electrons. The van der Waals surface area contributed by atoms with E-state index in [2.05, 4.69) is 5.32 Å². The number of nitrogens with zero attached hydrogens (tertiary/aromatic N) is 1. The lowest BCUT2D eigenvalue weighted by atomic mass is 9.95. The zero-order chi connectivity index (χ0) is 26.7. The molecule has 0 heterocycles. The van der Waals surface area contributed by atoms with Crippen molar-refractivity contribution in [2.45, 2.75) is 43.8 Å². The zero-order valence-corrected chi connectivity index (χ0v) is 21.5. The average molecular weight is 539 g/mol. The number of benzene rings is 3. The molecule has 10 heteroatoms. The molecule has 5 nitrogen and oxygen atoms in total. The van der Waals surface area contributed by atoms with Gasteiger partial charge in [-0.2, -0.15) is 13.2 Å². The lowest BCUT2D eigenvalue weighted by Gasteiger charge is -2.30. The van der Waals surface area contributed by atoms with Crippen molar-refractivity contribution < 1.29 is 26.4 Å². The third kappa shape index (κ3) is 6.79. The van der Waals surface area contributed by atoms with Gasteiger partial charge in [0.2, 0.25) is 5.91 Å². The monoisotopic (exact) mass is 538 g/mol. The van der Waals surface area contributed by atoms with Crippen LogP contribution in [0.1, 0.15) is 30.5 Å². The molecular formula is C26H26ClF3N2O3S. The predicted octanol–water partition coefficient (Wildman–Crippen LogP) is 6.00. The van der Waals surface area contributed by atoms with E-state index in [1.807, 2.05) is 30.3 Å².